The number of sulfonamides is 1. The fraction of sp³-hybridized carbons (Fsp3) is 0.176. The van der Waals surface area contributed by atoms with Gasteiger partial charge in [0.1, 0.15) is 0 Å². The largest absolute Gasteiger partial charge is 0.312 e. The van der Waals surface area contributed by atoms with Crippen LogP contribution >= 0.6 is 0 Å². The van der Waals surface area contributed by atoms with Crippen LogP contribution in [0.25, 0.3) is 0 Å². The summed E-state index contributed by atoms with van der Waals surface area (Å²) in [5.41, 5.74) is 1.46. The second kappa shape index (κ2) is 6.34. The quantitative estimate of drug-likeness (QED) is 0.925. The third kappa shape index (κ3) is 3.24. The molecule has 0 atom stereocenters. The van der Waals surface area contributed by atoms with E-state index in [0.29, 0.717) is 29.9 Å². The second-order valence-corrected chi connectivity index (χ2v) is 7.12. The summed E-state index contributed by atoms with van der Waals surface area (Å²) in [4.78, 5) is 13.5. The number of nitriles is 1. The van der Waals surface area contributed by atoms with Crippen molar-refractivity contribution < 1.29 is 13.2 Å². The number of rotatable bonds is 4. The Labute approximate surface area is 140 Å². The van der Waals surface area contributed by atoms with Crippen molar-refractivity contribution in [3.63, 3.8) is 0 Å². The molecular formula is C17H15N3O3S. The van der Waals surface area contributed by atoms with Crippen LogP contribution in [0.15, 0.2) is 53.4 Å². The van der Waals surface area contributed by atoms with Crippen molar-refractivity contribution in [1.82, 2.24) is 0 Å². The van der Waals surface area contributed by atoms with Crippen molar-refractivity contribution in [2.75, 3.05) is 16.2 Å². The van der Waals surface area contributed by atoms with E-state index in [1.165, 1.54) is 24.3 Å². The molecule has 2 aromatic rings. The first kappa shape index (κ1) is 16.0. The summed E-state index contributed by atoms with van der Waals surface area (Å²) in [5, 5.41) is 8.78. The highest BCUT2D eigenvalue weighted by Crippen LogP contribution is 2.25. The van der Waals surface area contributed by atoms with Gasteiger partial charge in [-0.3, -0.25) is 9.52 Å². The van der Waals surface area contributed by atoms with Crippen molar-refractivity contribution >= 4 is 27.3 Å². The SMILES string of the molecule is N#Cc1ccc(S(=O)(=O)Nc2cccc(N3CCCC3=O)c2)cc1. The summed E-state index contributed by atoms with van der Waals surface area (Å²) >= 11 is 0. The minimum atomic E-state index is -3.75. The van der Waals surface area contributed by atoms with Crippen molar-refractivity contribution in [3.8, 4) is 6.07 Å². The van der Waals surface area contributed by atoms with E-state index < -0.39 is 10.0 Å². The van der Waals surface area contributed by atoms with Crippen molar-refractivity contribution in [2.24, 2.45) is 0 Å². The molecule has 0 aromatic heterocycles. The Kier molecular flexibility index (Phi) is 4.23. The molecule has 0 bridgehead atoms. The third-order valence-corrected chi connectivity index (χ3v) is 5.17. The Morgan fingerprint density at radius 3 is 2.50 bits per heavy atom. The molecule has 0 saturated carbocycles. The van der Waals surface area contributed by atoms with Crippen molar-refractivity contribution in [3.05, 3.63) is 54.1 Å². The molecule has 2 aromatic carbocycles. The van der Waals surface area contributed by atoms with Crippen LogP contribution in [0.4, 0.5) is 11.4 Å². The number of carbonyl (C=O) groups excluding carboxylic acids is 1. The predicted octanol–water partition coefficient (Wildman–Crippen LogP) is 2.49. The van der Waals surface area contributed by atoms with Crippen LogP contribution in [-0.4, -0.2) is 20.9 Å². The fourth-order valence-electron chi connectivity index (χ4n) is 2.58. The van der Waals surface area contributed by atoms with Crippen LogP contribution in [0.3, 0.4) is 0 Å². The summed E-state index contributed by atoms with van der Waals surface area (Å²) in [7, 11) is -3.75. The van der Waals surface area contributed by atoms with Gasteiger partial charge in [-0.05, 0) is 48.9 Å². The minimum Gasteiger partial charge on any atom is -0.312 e. The lowest BCUT2D eigenvalue weighted by Crippen LogP contribution is -2.23. The van der Waals surface area contributed by atoms with E-state index in [0.717, 1.165) is 6.42 Å². The predicted molar refractivity (Wildman–Crippen MR) is 90.0 cm³/mol. The Bertz CT molecular complexity index is 915. The molecule has 1 saturated heterocycles. The first-order chi connectivity index (χ1) is 11.5. The zero-order valence-electron chi connectivity index (χ0n) is 12.8. The van der Waals surface area contributed by atoms with E-state index in [1.807, 2.05) is 6.07 Å². The maximum atomic E-state index is 12.4. The number of benzene rings is 2. The summed E-state index contributed by atoms with van der Waals surface area (Å²) in [6, 6.07) is 14.4. The fourth-order valence-corrected chi connectivity index (χ4v) is 3.63. The highest BCUT2D eigenvalue weighted by atomic mass is 32.2. The third-order valence-electron chi connectivity index (χ3n) is 3.78. The van der Waals surface area contributed by atoms with Crippen LogP contribution in [0, 0.1) is 11.3 Å². The maximum Gasteiger partial charge on any atom is 0.261 e. The van der Waals surface area contributed by atoms with Crippen molar-refractivity contribution in [2.45, 2.75) is 17.7 Å². The topological polar surface area (TPSA) is 90.3 Å². The Balaban J connectivity index is 1.84. The lowest BCUT2D eigenvalue weighted by molar-refractivity contribution is -0.117. The molecule has 3 rings (SSSR count). The molecule has 0 aliphatic carbocycles. The molecule has 0 unspecified atom stereocenters. The molecule has 1 N–H and O–H groups in total. The molecule has 1 heterocycles. The van der Waals surface area contributed by atoms with Gasteiger partial charge in [0.25, 0.3) is 10.0 Å². The number of hydrogen-bond donors (Lipinski definition) is 1. The standard InChI is InChI=1S/C17H15N3O3S/c18-12-13-6-8-16(9-7-13)24(22,23)19-14-3-1-4-15(11-14)20-10-2-5-17(20)21/h1,3-4,6-9,11,19H,2,5,10H2. The molecule has 1 aliphatic heterocycles. The molecule has 0 spiro atoms. The normalized spacial score (nSPS) is 14.5. The van der Waals surface area contributed by atoms with Gasteiger partial charge in [-0.1, -0.05) is 6.07 Å². The van der Waals surface area contributed by atoms with Gasteiger partial charge < -0.3 is 4.90 Å². The van der Waals surface area contributed by atoms with Gasteiger partial charge in [-0.25, -0.2) is 8.42 Å². The molecule has 122 valence electrons. The van der Waals surface area contributed by atoms with Crippen LogP contribution in [0.1, 0.15) is 18.4 Å². The average Bonchev–Trinajstić information content (AvgIpc) is 3.01. The van der Waals surface area contributed by atoms with E-state index in [4.69, 9.17) is 5.26 Å². The number of amides is 1. The Morgan fingerprint density at radius 1 is 1.12 bits per heavy atom. The maximum absolute atomic E-state index is 12.4. The van der Waals surface area contributed by atoms with E-state index in [9.17, 15) is 13.2 Å². The average molecular weight is 341 g/mol. The number of nitrogens with one attached hydrogen (secondary N) is 1. The number of anilines is 2. The highest BCUT2D eigenvalue weighted by molar-refractivity contribution is 7.92. The Morgan fingerprint density at radius 2 is 1.88 bits per heavy atom. The summed E-state index contributed by atoms with van der Waals surface area (Å²) < 4.78 is 27.3. The lowest BCUT2D eigenvalue weighted by atomic mass is 10.2. The van der Waals surface area contributed by atoms with Crippen LogP contribution in [-0.2, 0) is 14.8 Å². The highest BCUT2D eigenvalue weighted by Gasteiger charge is 2.22. The van der Waals surface area contributed by atoms with E-state index >= 15 is 0 Å². The van der Waals surface area contributed by atoms with Gasteiger partial charge in [0.05, 0.1) is 22.2 Å². The van der Waals surface area contributed by atoms with Crippen LogP contribution in [0.5, 0.6) is 0 Å². The zero-order valence-corrected chi connectivity index (χ0v) is 13.6. The van der Waals surface area contributed by atoms with Gasteiger partial charge in [0, 0.05) is 18.7 Å². The molecule has 7 heteroatoms. The molecule has 0 radical (unpaired) electrons. The van der Waals surface area contributed by atoms with Crippen LogP contribution in [0.2, 0.25) is 0 Å². The summed E-state index contributed by atoms with van der Waals surface area (Å²) in [6.45, 7) is 0.644. The first-order valence-electron chi connectivity index (χ1n) is 7.43. The van der Waals surface area contributed by atoms with Gasteiger partial charge in [0.15, 0.2) is 0 Å². The van der Waals surface area contributed by atoms with Gasteiger partial charge in [0.2, 0.25) is 5.91 Å². The lowest BCUT2D eigenvalue weighted by Gasteiger charge is -2.17. The van der Waals surface area contributed by atoms with Crippen molar-refractivity contribution in [1.29, 1.82) is 5.26 Å². The first-order valence-corrected chi connectivity index (χ1v) is 8.91. The Hall–Kier alpha value is -2.85. The summed E-state index contributed by atoms with van der Waals surface area (Å²) in [5.74, 6) is 0.0436. The number of hydrogen-bond acceptors (Lipinski definition) is 4. The van der Waals surface area contributed by atoms with E-state index in [-0.39, 0.29) is 10.8 Å². The van der Waals surface area contributed by atoms with Crippen LogP contribution < -0.4 is 9.62 Å². The number of carbonyl (C=O) groups is 1. The minimum absolute atomic E-state index is 0.0436. The molecule has 24 heavy (non-hydrogen) atoms. The second-order valence-electron chi connectivity index (χ2n) is 5.44. The van der Waals surface area contributed by atoms with Gasteiger partial charge in [-0.15, -0.1) is 0 Å². The molecule has 1 amide bonds. The number of nitrogens with zero attached hydrogens (tertiary/aromatic N) is 2. The molecular weight excluding hydrogens is 326 g/mol. The molecule has 1 aliphatic rings. The molecule has 6 nitrogen and oxygen atoms in total. The van der Waals surface area contributed by atoms with E-state index in [2.05, 4.69) is 4.72 Å². The molecule has 1 fully saturated rings. The van der Waals surface area contributed by atoms with Gasteiger partial charge >= 0.3 is 0 Å². The smallest absolute Gasteiger partial charge is 0.261 e. The summed E-state index contributed by atoms with van der Waals surface area (Å²) in [6.07, 6.45) is 1.32. The zero-order chi connectivity index (χ0) is 17.2. The monoisotopic (exact) mass is 341 g/mol. The van der Waals surface area contributed by atoms with E-state index in [1.54, 1.807) is 29.2 Å². The van der Waals surface area contributed by atoms with Gasteiger partial charge in [-0.2, -0.15) is 5.26 Å².